The Morgan fingerprint density at radius 2 is 2.35 bits per heavy atom. The summed E-state index contributed by atoms with van der Waals surface area (Å²) in [6.45, 7) is 4.27. The Hall–Kier alpha value is -1.60. The van der Waals surface area contributed by atoms with Crippen molar-refractivity contribution in [3.8, 4) is 6.07 Å². The van der Waals surface area contributed by atoms with E-state index in [2.05, 4.69) is 31.2 Å². The first kappa shape index (κ1) is 13.4. The van der Waals surface area contributed by atoms with E-state index < -0.39 is 6.10 Å². The molecular weight excluding hydrogens is 250 g/mol. The zero-order chi connectivity index (χ0) is 14.5. The fourth-order valence-electron chi connectivity index (χ4n) is 4.26. The van der Waals surface area contributed by atoms with Gasteiger partial charge in [0.15, 0.2) is 0 Å². The molecule has 4 heteroatoms. The quantitative estimate of drug-likeness (QED) is 0.850. The minimum Gasteiger partial charge on any atom is -0.387 e. The molecule has 4 atom stereocenters. The normalized spacial score (nSPS) is 35.8. The van der Waals surface area contributed by atoms with Gasteiger partial charge in [0.1, 0.15) is 0 Å². The van der Waals surface area contributed by atoms with Gasteiger partial charge in [-0.3, -0.25) is 4.68 Å². The summed E-state index contributed by atoms with van der Waals surface area (Å²) in [7, 11) is 1.95. The number of hydrogen-bond acceptors (Lipinski definition) is 3. The first-order valence-corrected chi connectivity index (χ1v) is 7.35. The number of aromatic nitrogens is 2. The van der Waals surface area contributed by atoms with Crippen LogP contribution in [-0.2, 0) is 18.9 Å². The molecule has 1 aromatic heterocycles. The van der Waals surface area contributed by atoms with Gasteiger partial charge < -0.3 is 5.11 Å². The molecular formula is C16H21N3O. The van der Waals surface area contributed by atoms with E-state index in [1.54, 1.807) is 0 Å². The molecule has 0 bridgehead atoms. The third-order valence-corrected chi connectivity index (χ3v) is 5.21. The van der Waals surface area contributed by atoms with Gasteiger partial charge in [0.05, 0.1) is 23.4 Å². The summed E-state index contributed by atoms with van der Waals surface area (Å²) in [5.41, 5.74) is 2.66. The van der Waals surface area contributed by atoms with E-state index in [1.807, 2.05) is 17.8 Å². The first-order chi connectivity index (χ1) is 9.51. The highest BCUT2D eigenvalue weighted by atomic mass is 16.3. The second-order valence-electron chi connectivity index (χ2n) is 6.33. The molecule has 1 aromatic rings. The molecule has 20 heavy (non-hydrogen) atoms. The van der Waals surface area contributed by atoms with Gasteiger partial charge in [0.25, 0.3) is 0 Å². The van der Waals surface area contributed by atoms with E-state index in [-0.39, 0.29) is 11.3 Å². The van der Waals surface area contributed by atoms with Crippen LogP contribution in [0.25, 0.3) is 0 Å². The number of nitrogens with zero attached hydrogens (tertiary/aromatic N) is 3. The molecule has 0 saturated heterocycles. The zero-order valence-corrected chi connectivity index (χ0v) is 12.3. The molecule has 0 fully saturated rings. The highest BCUT2D eigenvalue weighted by Crippen LogP contribution is 2.51. The zero-order valence-electron chi connectivity index (χ0n) is 12.3. The highest BCUT2D eigenvalue weighted by molar-refractivity contribution is 5.43. The molecule has 106 valence electrons. The molecule has 0 spiro atoms. The van der Waals surface area contributed by atoms with Gasteiger partial charge in [0, 0.05) is 18.7 Å². The summed E-state index contributed by atoms with van der Waals surface area (Å²) in [6, 6.07) is 2.19. The maximum Gasteiger partial charge on any atom is 0.0971 e. The molecule has 3 rings (SSSR count). The third kappa shape index (κ3) is 1.66. The monoisotopic (exact) mass is 271 g/mol. The van der Waals surface area contributed by atoms with E-state index in [0.29, 0.717) is 11.5 Å². The van der Waals surface area contributed by atoms with Crippen molar-refractivity contribution in [3.05, 3.63) is 29.1 Å². The lowest BCUT2D eigenvalue weighted by Gasteiger charge is -2.47. The molecule has 0 saturated carbocycles. The maximum absolute atomic E-state index is 10.4. The fourth-order valence-corrected chi connectivity index (χ4v) is 4.26. The summed E-state index contributed by atoms with van der Waals surface area (Å²) < 4.78 is 1.87. The summed E-state index contributed by atoms with van der Waals surface area (Å²) >= 11 is 0. The third-order valence-electron chi connectivity index (χ3n) is 5.21. The largest absolute Gasteiger partial charge is 0.387 e. The van der Waals surface area contributed by atoms with Crippen LogP contribution in [0.15, 0.2) is 17.8 Å². The molecule has 2 aliphatic carbocycles. The number of aryl methyl sites for hydroxylation is 2. The van der Waals surface area contributed by atoms with Gasteiger partial charge in [-0.2, -0.15) is 10.4 Å². The molecule has 1 heterocycles. The van der Waals surface area contributed by atoms with E-state index in [4.69, 9.17) is 0 Å². The Labute approximate surface area is 119 Å². The van der Waals surface area contributed by atoms with Crippen molar-refractivity contribution in [2.45, 2.75) is 44.6 Å². The SMILES string of the molecule is CC[C@@H]1C(O)C(C#N)=C[C@]2(C)c3nn(C)cc3CC[C@@H]12. The van der Waals surface area contributed by atoms with E-state index in [9.17, 15) is 10.4 Å². The molecule has 1 N–H and O–H groups in total. The number of allylic oxidation sites excluding steroid dienone is 1. The van der Waals surface area contributed by atoms with Gasteiger partial charge in [-0.15, -0.1) is 0 Å². The van der Waals surface area contributed by atoms with Crippen LogP contribution in [0.2, 0.25) is 0 Å². The van der Waals surface area contributed by atoms with Crippen molar-refractivity contribution < 1.29 is 5.11 Å². The van der Waals surface area contributed by atoms with E-state index in [0.717, 1.165) is 25.0 Å². The summed E-state index contributed by atoms with van der Waals surface area (Å²) in [4.78, 5) is 0. The second-order valence-corrected chi connectivity index (χ2v) is 6.33. The van der Waals surface area contributed by atoms with Crippen molar-refractivity contribution in [2.75, 3.05) is 0 Å². The van der Waals surface area contributed by atoms with Crippen molar-refractivity contribution in [2.24, 2.45) is 18.9 Å². The lowest BCUT2D eigenvalue weighted by molar-refractivity contribution is 0.0534. The number of fused-ring (bicyclic) bond motifs is 3. The Bertz CT molecular complexity index is 610. The lowest BCUT2D eigenvalue weighted by atomic mass is 9.57. The van der Waals surface area contributed by atoms with Gasteiger partial charge in [-0.05, 0) is 30.2 Å². The van der Waals surface area contributed by atoms with Crippen molar-refractivity contribution >= 4 is 0 Å². The van der Waals surface area contributed by atoms with Crippen molar-refractivity contribution in [1.29, 1.82) is 5.26 Å². The average Bonchev–Trinajstić information content (AvgIpc) is 2.81. The predicted octanol–water partition coefficient (Wildman–Crippen LogP) is 2.09. The fraction of sp³-hybridized carbons (Fsp3) is 0.625. The molecule has 0 amide bonds. The minimum atomic E-state index is -0.617. The van der Waals surface area contributed by atoms with Crippen LogP contribution in [0.3, 0.4) is 0 Å². The molecule has 0 aliphatic heterocycles. The Morgan fingerprint density at radius 3 is 3.00 bits per heavy atom. The van der Waals surface area contributed by atoms with Crippen LogP contribution in [0, 0.1) is 23.2 Å². The summed E-state index contributed by atoms with van der Waals surface area (Å²) in [6.07, 6.45) is 6.40. The van der Waals surface area contributed by atoms with E-state index in [1.165, 1.54) is 5.56 Å². The van der Waals surface area contributed by atoms with Crippen LogP contribution in [0.5, 0.6) is 0 Å². The number of nitriles is 1. The lowest BCUT2D eigenvalue weighted by Crippen LogP contribution is -2.47. The standard InChI is InChI=1S/C16H21N3O/c1-4-12-13-6-5-10-9-19(3)18-15(10)16(13,2)7-11(8-17)14(12)20/h7,9,12-14,20H,4-6H2,1-3H3/t12-,13-,14?,16-/m0/s1. The van der Waals surface area contributed by atoms with Crippen LogP contribution in [0.1, 0.15) is 37.9 Å². The van der Waals surface area contributed by atoms with Gasteiger partial charge in [0.2, 0.25) is 0 Å². The second kappa shape index (κ2) is 4.46. The number of aliphatic hydroxyl groups excluding tert-OH is 1. The van der Waals surface area contributed by atoms with Crippen LogP contribution in [-0.4, -0.2) is 21.0 Å². The molecule has 0 aromatic carbocycles. The first-order valence-electron chi connectivity index (χ1n) is 7.35. The van der Waals surface area contributed by atoms with Gasteiger partial charge in [-0.25, -0.2) is 0 Å². The predicted molar refractivity (Wildman–Crippen MR) is 75.9 cm³/mol. The number of hydrogen-bond donors (Lipinski definition) is 1. The molecule has 1 unspecified atom stereocenters. The van der Waals surface area contributed by atoms with E-state index >= 15 is 0 Å². The minimum absolute atomic E-state index is 0.148. The Morgan fingerprint density at radius 1 is 1.60 bits per heavy atom. The van der Waals surface area contributed by atoms with Gasteiger partial charge in [-0.1, -0.05) is 26.3 Å². The van der Waals surface area contributed by atoms with Crippen LogP contribution in [0.4, 0.5) is 0 Å². The topological polar surface area (TPSA) is 61.8 Å². The summed E-state index contributed by atoms with van der Waals surface area (Å²) in [5.74, 6) is 0.511. The van der Waals surface area contributed by atoms with Gasteiger partial charge >= 0.3 is 0 Å². The highest BCUT2D eigenvalue weighted by Gasteiger charge is 2.50. The maximum atomic E-state index is 10.4. The number of rotatable bonds is 1. The molecule has 2 aliphatic rings. The molecule has 4 nitrogen and oxygen atoms in total. The number of aliphatic hydroxyl groups is 1. The smallest absolute Gasteiger partial charge is 0.0971 e. The summed E-state index contributed by atoms with van der Waals surface area (Å²) in [5, 5.41) is 24.4. The van der Waals surface area contributed by atoms with Crippen molar-refractivity contribution in [1.82, 2.24) is 9.78 Å². The van der Waals surface area contributed by atoms with Crippen LogP contribution >= 0.6 is 0 Å². The average molecular weight is 271 g/mol. The Kier molecular flexibility index (Phi) is 2.98. The van der Waals surface area contributed by atoms with Crippen LogP contribution < -0.4 is 0 Å². The Balaban J connectivity index is 2.19. The molecule has 0 radical (unpaired) electrons. The van der Waals surface area contributed by atoms with Crippen molar-refractivity contribution in [3.63, 3.8) is 0 Å².